The molecule has 0 atom stereocenters. The van der Waals surface area contributed by atoms with Crippen LogP contribution < -0.4 is 5.32 Å². The van der Waals surface area contributed by atoms with E-state index in [1.54, 1.807) is 13.0 Å². The van der Waals surface area contributed by atoms with E-state index in [2.05, 4.69) is 15.2 Å². The van der Waals surface area contributed by atoms with E-state index in [0.29, 0.717) is 12.4 Å². The average molecular weight is 293 g/mol. The Hall–Kier alpha value is -2.22. The van der Waals surface area contributed by atoms with Crippen molar-refractivity contribution in [2.75, 3.05) is 44.6 Å². The van der Waals surface area contributed by atoms with E-state index in [0.717, 1.165) is 32.7 Å². The lowest BCUT2D eigenvalue weighted by atomic mass is 10.3. The van der Waals surface area contributed by atoms with E-state index in [9.17, 15) is 14.9 Å². The number of carbonyl (C=O) groups excluding carboxylic acids is 1. The van der Waals surface area contributed by atoms with Crippen molar-refractivity contribution >= 4 is 17.4 Å². The van der Waals surface area contributed by atoms with E-state index < -0.39 is 4.92 Å². The van der Waals surface area contributed by atoms with E-state index in [1.165, 1.54) is 12.3 Å². The summed E-state index contributed by atoms with van der Waals surface area (Å²) in [5.41, 5.74) is -0.0131. The van der Waals surface area contributed by atoms with Crippen molar-refractivity contribution in [3.8, 4) is 0 Å². The minimum atomic E-state index is -0.467. The molecule has 1 saturated heterocycles. The number of rotatable bonds is 5. The van der Waals surface area contributed by atoms with E-state index in [4.69, 9.17) is 0 Å². The number of nitrogens with zero attached hydrogens (tertiary/aromatic N) is 4. The molecule has 114 valence electrons. The molecule has 1 N–H and O–H groups in total. The molecule has 1 fully saturated rings. The number of anilines is 1. The summed E-state index contributed by atoms with van der Waals surface area (Å²) in [7, 11) is 0. The first-order chi connectivity index (χ1) is 10.1. The smallest absolute Gasteiger partial charge is 0.287 e. The van der Waals surface area contributed by atoms with Gasteiger partial charge in [-0.05, 0) is 6.07 Å². The maximum atomic E-state index is 11.2. The molecular weight excluding hydrogens is 274 g/mol. The molecule has 1 aromatic rings. The van der Waals surface area contributed by atoms with Crippen LogP contribution in [0.5, 0.6) is 0 Å². The SMILES string of the molecule is CC(=O)N1CCN(CCNc2ccc([N+](=O)[O-])cn2)CC1. The molecule has 0 aliphatic carbocycles. The number of pyridine rings is 1. The van der Waals surface area contributed by atoms with E-state index >= 15 is 0 Å². The second-order valence-corrected chi connectivity index (χ2v) is 4.93. The van der Waals surface area contributed by atoms with Gasteiger partial charge in [0, 0.05) is 52.3 Å². The maximum absolute atomic E-state index is 11.2. The van der Waals surface area contributed by atoms with Crippen molar-refractivity contribution < 1.29 is 9.72 Å². The lowest BCUT2D eigenvalue weighted by molar-refractivity contribution is -0.385. The molecule has 2 rings (SSSR count). The minimum absolute atomic E-state index is 0.0131. The number of aromatic nitrogens is 1. The molecule has 1 aromatic heterocycles. The van der Waals surface area contributed by atoms with Gasteiger partial charge in [0.15, 0.2) is 0 Å². The van der Waals surface area contributed by atoms with E-state index in [1.807, 2.05) is 4.90 Å². The fraction of sp³-hybridized carbons (Fsp3) is 0.538. The minimum Gasteiger partial charge on any atom is -0.369 e. The normalized spacial score (nSPS) is 15.8. The Labute approximate surface area is 122 Å². The van der Waals surface area contributed by atoms with Crippen LogP contribution in [0.1, 0.15) is 6.92 Å². The lowest BCUT2D eigenvalue weighted by Crippen LogP contribution is -2.49. The van der Waals surface area contributed by atoms with Gasteiger partial charge < -0.3 is 10.2 Å². The maximum Gasteiger partial charge on any atom is 0.287 e. The van der Waals surface area contributed by atoms with Gasteiger partial charge in [-0.1, -0.05) is 0 Å². The van der Waals surface area contributed by atoms with Crippen LogP contribution in [0.4, 0.5) is 11.5 Å². The summed E-state index contributed by atoms with van der Waals surface area (Å²) < 4.78 is 0. The van der Waals surface area contributed by atoms with Crippen molar-refractivity contribution in [2.45, 2.75) is 6.92 Å². The number of nitrogens with one attached hydrogen (secondary N) is 1. The summed E-state index contributed by atoms with van der Waals surface area (Å²) in [4.78, 5) is 29.4. The number of piperazine rings is 1. The van der Waals surface area contributed by atoms with Gasteiger partial charge in [0.05, 0.1) is 4.92 Å². The van der Waals surface area contributed by atoms with Crippen molar-refractivity contribution in [1.82, 2.24) is 14.8 Å². The van der Waals surface area contributed by atoms with E-state index in [-0.39, 0.29) is 11.6 Å². The van der Waals surface area contributed by atoms with Gasteiger partial charge in [-0.15, -0.1) is 0 Å². The molecule has 0 spiro atoms. The molecule has 8 heteroatoms. The molecular formula is C13H19N5O3. The number of hydrogen-bond acceptors (Lipinski definition) is 6. The zero-order valence-electron chi connectivity index (χ0n) is 12.0. The van der Waals surface area contributed by atoms with Crippen LogP contribution in [0.15, 0.2) is 18.3 Å². The Kier molecular flexibility index (Phi) is 5.04. The molecule has 0 unspecified atom stereocenters. The zero-order valence-corrected chi connectivity index (χ0v) is 12.0. The second-order valence-electron chi connectivity index (χ2n) is 4.93. The summed E-state index contributed by atoms with van der Waals surface area (Å²) in [5, 5.41) is 13.7. The summed E-state index contributed by atoms with van der Waals surface area (Å²) in [6.07, 6.45) is 1.24. The topological polar surface area (TPSA) is 91.6 Å². The Morgan fingerprint density at radius 3 is 2.62 bits per heavy atom. The third kappa shape index (κ3) is 4.38. The number of amides is 1. The first kappa shape index (κ1) is 15.2. The largest absolute Gasteiger partial charge is 0.369 e. The van der Waals surface area contributed by atoms with Crippen molar-refractivity contribution in [2.24, 2.45) is 0 Å². The summed E-state index contributed by atoms with van der Waals surface area (Å²) in [6.45, 7) is 6.44. The van der Waals surface area contributed by atoms with Gasteiger partial charge >= 0.3 is 0 Å². The summed E-state index contributed by atoms with van der Waals surface area (Å²) >= 11 is 0. The van der Waals surface area contributed by atoms with Crippen molar-refractivity contribution in [3.05, 3.63) is 28.4 Å². The average Bonchev–Trinajstić information content (AvgIpc) is 2.48. The molecule has 1 aliphatic rings. The van der Waals surface area contributed by atoms with Gasteiger partial charge in [0.2, 0.25) is 5.91 Å². The molecule has 1 aliphatic heterocycles. The molecule has 1 amide bonds. The first-order valence-corrected chi connectivity index (χ1v) is 6.88. The molecule has 0 aromatic carbocycles. The van der Waals surface area contributed by atoms with Crippen LogP contribution in [0.25, 0.3) is 0 Å². The van der Waals surface area contributed by atoms with Gasteiger partial charge in [-0.2, -0.15) is 0 Å². The molecule has 2 heterocycles. The highest BCUT2D eigenvalue weighted by Gasteiger charge is 2.17. The quantitative estimate of drug-likeness (QED) is 0.630. The van der Waals surface area contributed by atoms with Crippen LogP contribution in [0.2, 0.25) is 0 Å². The Balaban J connectivity index is 1.70. The molecule has 0 saturated carbocycles. The monoisotopic (exact) mass is 293 g/mol. The number of carbonyl (C=O) groups is 1. The van der Waals surface area contributed by atoms with Gasteiger partial charge in [-0.3, -0.25) is 19.8 Å². The zero-order chi connectivity index (χ0) is 15.2. The highest BCUT2D eigenvalue weighted by molar-refractivity contribution is 5.73. The van der Waals surface area contributed by atoms with Crippen LogP contribution in [-0.4, -0.2) is 64.9 Å². The van der Waals surface area contributed by atoms with Crippen LogP contribution >= 0.6 is 0 Å². The first-order valence-electron chi connectivity index (χ1n) is 6.88. The second kappa shape index (κ2) is 6.98. The Morgan fingerprint density at radius 1 is 1.38 bits per heavy atom. The molecule has 8 nitrogen and oxygen atoms in total. The van der Waals surface area contributed by atoms with Crippen LogP contribution in [0, 0.1) is 10.1 Å². The fourth-order valence-electron chi connectivity index (χ4n) is 2.23. The lowest BCUT2D eigenvalue weighted by Gasteiger charge is -2.34. The van der Waals surface area contributed by atoms with Crippen molar-refractivity contribution in [3.63, 3.8) is 0 Å². The third-order valence-electron chi connectivity index (χ3n) is 3.51. The van der Waals surface area contributed by atoms with Gasteiger partial charge in [0.25, 0.3) is 5.69 Å². The van der Waals surface area contributed by atoms with Gasteiger partial charge in [0.1, 0.15) is 12.0 Å². The summed E-state index contributed by atoms with van der Waals surface area (Å²) in [5.74, 6) is 0.755. The summed E-state index contributed by atoms with van der Waals surface area (Å²) in [6, 6.07) is 3.03. The predicted molar refractivity (Wildman–Crippen MR) is 78.1 cm³/mol. The Bertz CT molecular complexity index is 497. The van der Waals surface area contributed by atoms with Gasteiger partial charge in [-0.25, -0.2) is 4.98 Å². The van der Waals surface area contributed by atoms with Crippen LogP contribution in [-0.2, 0) is 4.79 Å². The predicted octanol–water partition coefficient (Wildman–Crippen LogP) is 0.566. The highest BCUT2D eigenvalue weighted by atomic mass is 16.6. The third-order valence-corrected chi connectivity index (χ3v) is 3.51. The van der Waals surface area contributed by atoms with Crippen LogP contribution in [0.3, 0.4) is 0 Å². The standard InChI is InChI=1S/C13H19N5O3/c1-11(19)17-8-6-16(7-9-17)5-4-14-13-3-2-12(10-15-13)18(20)21/h2-3,10H,4-9H2,1H3,(H,14,15). The fourth-order valence-corrected chi connectivity index (χ4v) is 2.23. The highest BCUT2D eigenvalue weighted by Crippen LogP contribution is 2.11. The van der Waals surface area contributed by atoms with Crippen molar-refractivity contribution in [1.29, 1.82) is 0 Å². The molecule has 21 heavy (non-hydrogen) atoms. The molecule has 0 radical (unpaired) electrons. The Morgan fingerprint density at radius 2 is 2.10 bits per heavy atom. The molecule has 0 bridgehead atoms. The number of hydrogen-bond donors (Lipinski definition) is 1. The number of nitro groups is 1.